The number of hydrogen-bond acceptors (Lipinski definition) is 5. The van der Waals surface area contributed by atoms with Crippen molar-refractivity contribution in [2.45, 2.75) is 38.5 Å². The molecule has 1 aliphatic carbocycles. The van der Waals surface area contributed by atoms with Crippen LogP contribution in [0.5, 0.6) is 0 Å². The van der Waals surface area contributed by atoms with Crippen LogP contribution >= 0.6 is 0 Å². The number of nitrogens with two attached hydrogens (primary N) is 1. The Morgan fingerprint density at radius 2 is 2.04 bits per heavy atom. The maximum atomic E-state index is 15.0. The van der Waals surface area contributed by atoms with E-state index in [1.54, 1.807) is 11.8 Å². The highest BCUT2D eigenvalue weighted by Crippen LogP contribution is 2.39. The zero-order valence-corrected chi connectivity index (χ0v) is 15.3. The first kappa shape index (κ1) is 19.0. The van der Waals surface area contributed by atoms with E-state index in [9.17, 15) is 22.8 Å². The number of halogens is 3. The van der Waals surface area contributed by atoms with Crippen molar-refractivity contribution < 1.29 is 17.9 Å². The number of H-pyrrole nitrogens is 1. The number of hydrogen-bond donors (Lipinski definition) is 2. The van der Waals surface area contributed by atoms with Gasteiger partial charge in [-0.3, -0.25) is 14.3 Å². The van der Waals surface area contributed by atoms with Gasteiger partial charge >= 0.3 is 12.3 Å². The van der Waals surface area contributed by atoms with Crippen LogP contribution in [0.1, 0.15) is 24.4 Å². The van der Waals surface area contributed by atoms with Crippen molar-refractivity contribution in [2.24, 2.45) is 11.7 Å². The van der Waals surface area contributed by atoms with Crippen LogP contribution in [0.25, 0.3) is 10.9 Å². The Bertz CT molecular complexity index is 1030. The van der Waals surface area contributed by atoms with Crippen LogP contribution in [0.2, 0.25) is 0 Å². The van der Waals surface area contributed by atoms with Gasteiger partial charge in [0.1, 0.15) is 5.82 Å². The average molecular weight is 398 g/mol. The first-order valence-corrected chi connectivity index (χ1v) is 9.18. The Labute approximate surface area is 157 Å². The molecule has 2 atom stereocenters. The van der Waals surface area contributed by atoms with Crippen molar-refractivity contribution in [2.75, 3.05) is 24.5 Å². The van der Waals surface area contributed by atoms with E-state index in [0.717, 1.165) is 18.9 Å². The number of benzene rings is 1. The van der Waals surface area contributed by atoms with Crippen molar-refractivity contribution in [3.63, 3.8) is 0 Å². The number of anilines is 1. The molecule has 1 aromatic carbocycles. The number of rotatable bonds is 5. The summed E-state index contributed by atoms with van der Waals surface area (Å²) in [6.45, 7) is -0.897. The topological polar surface area (TPSA) is 93.3 Å². The standard InChI is InChI=1S/C18H21F3N4O3/c1-8-14-11(16(26)23-18(27)25(14)10-2-3-10)4-12(19)15(8)24-6-9(5-22)13(7-24)28-17(20)21/h4,9-10,13,17H,2-3,5-7,22H2,1H3,(H,23,26,27). The lowest BCUT2D eigenvalue weighted by Crippen LogP contribution is -2.31. The van der Waals surface area contributed by atoms with Crippen molar-refractivity contribution >= 4 is 16.6 Å². The van der Waals surface area contributed by atoms with Crippen LogP contribution in [0.15, 0.2) is 15.7 Å². The fraction of sp³-hybridized carbons (Fsp3) is 0.556. The van der Waals surface area contributed by atoms with Gasteiger partial charge in [0, 0.05) is 30.6 Å². The van der Waals surface area contributed by atoms with Gasteiger partial charge in [0.15, 0.2) is 0 Å². The van der Waals surface area contributed by atoms with E-state index < -0.39 is 29.8 Å². The van der Waals surface area contributed by atoms with Gasteiger partial charge in [-0.25, -0.2) is 9.18 Å². The molecule has 152 valence electrons. The van der Waals surface area contributed by atoms with Crippen molar-refractivity contribution in [1.82, 2.24) is 9.55 Å². The third-order valence-electron chi connectivity index (χ3n) is 5.58. The summed E-state index contributed by atoms with van der Waals surface area (Å²) in [5.74, 6) is -1.03. The van der Waals surface area contributed by atoms with Gasteiger partial charge in [0.25, 0.3) is 5.56 Å². The average Bonchev–Trinajstić information content (AvgIpc) is 3.37. The summed E-state index contributed by atoms with van der Waals surface area (Å²) in [5, 5.41) is 0.0974. The number of nitrogens with one attached hydrogen (secondary N) is 1. The lowest BCUT2D eigenvalue weighted by atomic mass is 10.1. The van der Waals surface area contributed by atoms with Crippen LogP contribution < -0.4 is 21.9 Å². The molecule has 2 aliphatic rings. The number of aromatic nitrogens is 2. The molecule has 0 bridgehead atoms. The highest BCUT2D eigenvalue weighted by molar-refractivity contribution is 5.87. The van der Waals surface area contributed by atoms with Gasteiger partial charge in [-0.1, -0.05) is 0 Å². The third-order valence-corrected chi connectivity index (χ3v) is 5.58. The Hall–Kier alpha value is -2.33. The molecular weight excluding hydrogens is 377 g/mol. The molecule has 0 spiro atoms. The summed E-state index contributed by atoms with van der Waals surface area (Å²) in [7, 11) is 0. The van der Waals surface area contributed by atoms with Gasteiger partial charge in [-0.15, -0.1) is 0 Å². The minimum Gasteiger partial charge on any atom is -0.366 e. The molecule has 7 nitrogen and oxygen atoms in total. The second-order valence-electron chi connectivity index (χ2n) is 7.42. The summed E-state index contributed by atoms with van der Waals surface area (Å²) in [4.78, 5) is 28.4. The Morgan fingerprint density at radius 3 is 2.64 bits per heavy atom. The van der Waals surface area contributed by atoms with Gasteiger partial charge in [-0.2, -0.15) is 8.78 Å². The first-order valence-electron chi connectivity index (χ1n) is 9.18. The lowest BCUT2D eigenvalue weighted by Gasteiger charge is -2.23. The van der Waals surface area contributed by atoms with Crippen molar-refractivity contribution in [1.29, 1.82) is 0 Å². The van der Waals surface area contributed by atoms with E-state index in [2.05, 4.69) is 9.72 Å². The second-order valence-corrected chi connectivity index (χ2v) is 7.42. The highest BCUT2D eigenvalue weighted by atomic mass is 19.3. The Morgan fingerprint density at radius 1 is 1.32 bits per heavy atom. The van der Waals surface area contributed by atoms with E-state index >= 15 is 0 Å². The monoisotopic (exact) mass is 398 g/mol. The summed E-state index contributed by atoms with van der Waals surface area (Å²) in [5.41, 5.74) is 5.51. The van der Waals surface area contributed by atoms with Gasteiger partial charge in [0.2, 0.25) is 0 Å². The predicted molar refractivity (Wildman–Crippen MR) is 97.4 cm³/mol. The molecule has 28 heavy (non-hydrogen) atoms. The number of nitrogens with zero attached hydrogens (tertiary/aromatic N) is 2. The summed E-state index contributed by atoms with van der Waals surface area (Å²) in [6.07, 6.45) is 0.775. The number of alkyl halides is 2. The summed E-state index contributed by atoms with van der Waals surface area (Å²) in [6, 6.07) is 1.07. The Kier molecular flexibility index (Phi) is 4.70. The summed E-state index contributed by atoms with van der Waals surface area (Å²) >= 11 is 0. The zero-order chi connectivity index (χ0) is 20.2. The molecule has 1 saturated carbocycles. The minimum atomic E-state index is -2.94. The lowest BCUT2D eigenvalue weighted by molar-refractivity contribution is -0.165. The smallest absolute Gasteiger partial charge is 0.345 e. The normalized spacial score (nSPS) is 22.6. The molecule has 0 amide bonds. The van der Waals surface area contributed by atoms with Crippen LogP contribution in [0.3, 0.4) is 0 Å². The number of fused-ring (bicyclic) bond motifs is 1. The largest absolute Gasteiger partial charge is 0.366 e. The molecule has 3 N–H and O–H groups in total. The van der Waals surface area contributed by atoms with E-state index in [-0.39, 0.29) is 42.7 Å². The molecular formula is C18H21F3N4O3. The molecule has 2 heterocycles. The number of ether oxygens (including phenoxy) is 1. The quantitative estimate of drug-likeness (QED) is 0.796. The Balaban J connectivity index is 1.85. The van der Waals surface area contributed by atoms with E-state index in [1.807, 2.05) is 0 Å². The SMILES string of the molecule is Cc1c(N2CC(CN)C(OC(F)F)C2)c(F)cc2c(=O)[nH]c(=O)n(C3CC3)c12. The van der Waals surface area contributed by atoms with Gasteiger partial charge in [0.05, 0.1) is 22.7 Å². The van der Waals surface area contributed by atoms with Crippen molar-refractivity contribution in [3.8, 4) is 0 Å². The van der Waals surface area contributed by atoms with E-state index in [0.29, 0.717) is 11.1 Å². The minimum absolute atomic E-state index is 0.0332. The third kappa shape index (κ3) is 3.10. The molecule has 2 unspecified atom stereocenters. The second kappa shape index (κ2) is 6.93. The summed E-state index contributed by atoms with van der Waals surface area (Å²) < 4.78 is 46.5. The van der Waals surface area contributed by atoms with Gasteiger partial charge in [-0.05, 0) is 32.4 Å². The maximum Gasteiger partial charge on any atom is 0.345 e. The zero-order valence-electron chi connectivity index (χ0n) is 15.3. The van der Waals surface area contributed by atoms with Crippen molar-refractivity contribution in [3.05, 3.63) is 38.3 Å². The first-order chi connectivity index (χ1) is 13.3. The molecule has 0 radical (unpaired) electrons. The number of aromatic amines is 1. The molecule has 2 fully saturated rings. The maximum absolute atomic E-state index is 15.0. The van der Waals surface area contributed by atoms with E-state index in [1.165, 1.54) is 4.57 Å². The van der Waals surface area contributed by atoms with Crippen LogP contribution in [-0.4, -0.2) is 41.9 Å². The predicted octanol–water partition coefficient (Wildman–Crippen LogP) is 1.47. The molecule has 1 aromatic heterocycles. The number of aryl methyl sites for hydroxylation is 1. The molecule has 1 saturated heterocycles. The molecule has 2 aromatic rings. The fourth-order valence-corrected chi connectivity index (χ4v) is 4.17. The van der Waals surface area contributed by atoms with Crippen LogP contribution in [-0.2, 0) is 4.74 Å². The molecule has 1 aliphatic heterocycles. The van der Waals surface area contributed by atoms with Gasteiger partial charge < -0.3 is 15.4 Å². The molecule has 10 heteroatoms. The fourth-order valence-electron chi connectivity index (χ4n) is 4.17. The van der Waals surface area contributed by atoms with Crippen LogP contribution in [0, 0.1) is 18.7 Å². The van der Waals surface area contributed by atoms with E-state index in [4.69, 9.17) is 5.73 Å². The van der Waals surface area contributed by atoms with Crippen LogP contribution in [0.4, 0.5) is 18.9 Å². The molecule has 4 rings (SSSR count). The highest BCUT2D eigenvalue weighted by Gasteiger charge is 2.37.